The van der Waals surface area contributed by atoms with E-state index < -0.39 is 0 Å². The molecule has 1 fully saturated rings. The highest BCUT2D eigenvalue weighted by molar-refractivity contribution is 5.77. The summed E-state index contributed by atoms with van der Waals surface area (Å²) >= 11 is 0. The molecule has 0 saturated carbocycles. The molecule has 3 N–H and O–H groups in total. The minimum Gasteiger partial charge on any atom is -0.358 e. The van der Waals surface area contributed by atoms with Crippen LogP contribution in [-0.2, 0) is 4.79 Å². The van der Waals surface area contributed by atoms with Crippen LogP contribution in [0.5, 0.6) is 0 Å². The van der Waals surface area contributed by atoms with E-state index in [4.69, 9.17) is 5.73 Å². The number of likely N-dealkylation sites (N-methyl/N-ethyl adjacent to an activating group) is 1. The number of carbonyl (C=O) groups excluding carboxylic acids is 1. The van der Waals surface area contributed by atoms with Gasteiger partial charge in [0.25, 0.3) is 0 Å². The van der Waals surface area contributed by atoms with Crippen LogP contribution in [0.25, 0.3) is 0 Å². The van der Waals surface area contributed by atoms with Gasteiger partial charge in [0, 0.05) is 13.1 Å². The SMILES string of the molecule is CNC(=O)CN1CCC(C(C)N)CC1. The molecular formula is C10H21N3O. The Labute approximate surface area is 85.8 Å². The summed E-state index contributed by atoms with van der Waals surface area (Å²) in [6, 6.07) is 0.289. The van der Waals surface area contributed by atoms with E-state index in [2.05, 4.69) is 17.1 Å². The van der Waals surface area contributed by atoms with Crippen molar-refractivity contribution >= 4 is 5.91 Å². The first kappa shape index (κ1) is 11.5. The molecule has 0 spiro atoms. The molecule has 4 nitrogen and oxygen atoms in total. The van der Waals surface area contributed by atoms with E-state index >= 15 is 0 Å². The quantitative estimate of drug-likeness (QED) is 0.661. The maximum atomic E-state index is 11.1. The standard InChI is InChI=1S/C10H21N3O/c1-8(11)9-3-5-13(6-4-9)7-10(14)12-2/h8-9H,3-7,11H2,1-2H3,(H,12,14). The zero-order chi connectivity index (χ0) is 10.6. The van der Waals surface area contributed by atoms with Gasteiger partial charge < -0.3 is 11.1 Å². The molecule has 1 heterocycles. The predicted octanol–water partition coefficient (Wildman–Crippen LogP) is -0.208. The largest absolute Gasteiger partial charge is 0.358 e. The molecule has 1 amide bonds. The van der Waals surface area contributed by atoms with Gasteiger partial charge in [0.05, 0.1) is 6.54 Å². The normalized spacial score (nSPS) is 21.9. The van der Waals surface area contributed by atoms with E-state index in [-0.39, 0.29) is 11.9 Å². The van der Waals surface area contributed by atoms with Crippen LogP contribution in [0.1, 0.15) is 19.8 Å². The molecule has 14 heavy (non-hydrogen) atoms. The summed E-state index contributed by atoms with van der Waals surface area (Å²) in [5.41, 5.74) is 5.84. The van der Waals surface area contributed by atoms with Gasteiger partial charge in [-0.3, -0.25) is 9.69 Å². The number of likely N-dealkylation sites (tertiary alicyclic amines) is 1. The van der Waals surface area contributed by atoms with Gasteiger partial charge in [0.2, 0.25) is 5.91 Å². The molecule has 1 saturated heterocycles. The van der Waals surface area contributed by atoms with E-state index in [1.807, 2.05) is 0 Å². The summed E-state index contributed by atoms with van der Waals surface area (Å²) in [6.07, 6.45) is 2.24. The molecule has 1 rings (SSSR count). The Balaban J connectivity index is 2.25. The van der Waals surface area contributed by atoms with E-state index in [1.165, 1.54) is 0 Å². The maximum Gasteiger partial charge on any atom is 0.233 e. The summed E-state index contributed by atoms with van der Waals surface area (Å²) < 4.78 is 0. The van der Waals surface area contributed by atoms with E-state index in [9.17, 15) is 4.79 Å². The van der Waals surface area contributed by atoms with Gasteiger partial charge in [-0.1, -0.05) is 0 Å². The van der Waals surface area contributed by atoms with Crippen LogP contribution >= 0.6 is 0 Å². The van der Waals surface area contributed by atoms with Crippen LogP contribution in [0.15, 0.2) is 0 Å². The molecule has 1 aliphatic rings. The zero-order valence-electron chi connectivity index (χ0n) is 9.12. The Morgan fingerprint density at radius 1 is 1.57 bits per heavy atom. The highest BCUT2D eigenvalue weighted by atomic mass is 16.1. The van der Waals surface area contributed by atoms with Gasteiger partial charge in [-0.25, -0.2) is 0 Å². The number of rotatable bonds is 3. The summed E-state index contributed by atoms with van der Waals surface area (Å²) in [7, 11) is 1.68. The molecule has 0 aliphatic carbocycles. The molecule has 0 bridgehead atoms. The molecule has 1 aliphatic heterocycles. The summed E-state index contributed by atoms with van der Waals surface area (Å²) in [6.45, 7) is 4.60. The minimum absolute atomic E-state index is 0.101. The van der Waals surface area contributed by atoms with Crippen LogP contribution in [-0.4, -0.2) is 43.5 Å². The molecule has 1 unspecified atom stereocenters. The zero-order valence-corrected chi connectivity index (χ0v) is 9.12. The van der Waals surface area contributed by atoms with Crippen molar-refractivity contribution < 1.29 is 4.79 Å². The first-order valence-corrected chi connectivity index (χ1v) is 5.32. The van der Waals surface area contributed by atoms with Crippen molar-refractivity contribution in [2.75, 3.05) is 26.7 Å². The number of hydrogen-bond donors (Lipinski definition) is 2. The van der Waals surface area contributed by atoms with Gasteiger partial charge in [-0.2, -0.15) is 0 Å². The smallest absolute Gasteiger partial charge is 0.233 e. The Bertz CT molecular complexity index is 186. The number of carbonyl (C=O) groups is 1. The lowest BCUT2D eigenvalue weighted by atomic mass is 9.91. The second-order valence-corrected chi connectivity index (χ2v) is 4.15. The first-order chi connectivity index (χ1) is 6.63. The van der Waals surface area contributed by atoms with Crippen LogP contribution < -0.4 is 11.1 Å². The van der Waals surface area contributed by atoms with Crippen molar-refractivity contribution in [1.82, 2.24) is 10.2 Å². The van der Waals surface area contributed by atoms with E-state index in [0.717, 1.165) is 25.9 Å². The third-order valence-corrected chi connectivity index (χ3v) is 3.02. The first-order valence-electron chi connectivity index (χ1n) is 5.32. The van der Waals surface area contributed by atoms with Gasteiger partial charge >= 0.3 is 0 Å². The molecular weight excluding hydrogens is 178 g/mol. The lowest BCUT2D eigenvalue weighted by molar-refractivity contribution is -0.122. The van der Waals surface area contributed by atoms with Crippen molar-refractivity contribution in [3.63, 3.8) is 0 Å². The van der Waals surface area contributed by atoms with Crippen molar-refractivity contribution in [1.29, 1.82) is 0 Å². The van der Waals surface area contributed by atoms with Crippen LogP contribution in [0, 0.1) is 5.92 Å². The lowest BCUT2D eigenvalue weighted by Crippen LogP contribution is -2.43. The van der Waals surface area contributed by atoms with Crippen LogP contribution in [0.4, 0.5) is 0 Å². The number of nitrogens with one attached hydrogen (secondary N) is 1. The Morgan fingerprint density at radius 2 is 2.14 bits per heavy atom. The summed E-state index contributed by atoms with van der Waals surface area (Å²) in [5, 5.41) is 2.64. The third kappa shape index (κ3) is 3.27. The van der Waals surface area contributed by atoms with Crippen molar-refractivity contribution in [2.24, 2.45) is 11.7 Å². The van der Waals surface area contributed by atoms with Gasteiger partial charge in [0.15, 0.2) is 0 Å². The van der Waals surface area contributed by atoms with Crippen molar-refractivity contribution in [2.45, 2.75) is 25.8 Å². The number of piperidine rings is 1. The molecule has 1 atom stereocenters. The van der Waals surface area contributed by atoms with Gasteiger partial charge in [-0.15, -0.1) is 0 Å². The van der Waals surface area contributed by atoms with E-state index in [0.29, 0.717) is 12.5 Å². The number of nitrogens with two attached hydrogens (primary N) is 1. The average molecular weight is 199 g/mol. The highest BCUT2D eigenvalue weighted by Crippen LogP contribution is 2.18. The Kier molecular flexibility index (Phi) is 4.35. The van der Waals surface area contributed by atoms with Gasteiger partial charge in [-0.05, 0) is 38.8 Å². The molecule has 0 radical (unpaired) electrons. The van der Waals surface area contributed by atoms with Crippen LogP contribution in [0.3, 0.4) is 0 Å². The van der Waals surface area contributed by atoms with E-state index in [1.54, 1.807) is 7.05 Å². The molecule has 0 aromatic rings. The monoisotopic (exact) mass is 199 g/mol. The lowest BCUT2D eigenvalue weighted by Gasteiger charge is -2.33. The number of amides is 1. The summed E-state index contributed by atoms with van der Waals surface area (Å²) in [5.74, 6) is 0.736. The molecule has 0 aromatic carbocycles. The third-order valence-electron chi connectivity index (χ3n) is 3.02. The number of nitrogens with zero attached hydrogens (tertiary/aromatic N) is 1. The van der Waals surface area contributed by atoms with Crippen molar-refractivity contribution in [3.05, 3.63) is 0 Å². The molecule has 0 aromatic heterocycles. The van der Waals surface area contributed by atoms with Gasteiger partial charge in [0.1, 0.15) is 0 Å². The minimum atomic E-state index is 0.101. The molecule has 82 valence electrons. The Hall–Kier alpha value is -0.610. The highest BCUT2D eigenvalue weighted by Gasteiger charge is 2.22. The maximum absolute atomic E-state index is 11.1. The fraction of sp³-hybridized carbons (Fsp3) is 0.900. The molecule has 4 heteroatoms. The fourth-order valence-electron chi connectivity index (χ4n) is 1.92. The fourth-order valence-corrected chi connectivity index (χ4v) is 1.92. The van der Waals surface area contributed by atoms with Crippen LogP contribution in [0.2, 0.25) is 0 Å². The topological polar surface area (TPSA) is 58.4 Å². The predicted molar refractivity (Wildman–Crippen MR) is 56.9 cm³/mol. The number of hydrogen-bond acceptors (Lipinski definition) is 3. The Morgan fingerprint density at radius 3 is 2.57 bits per heavy atom. The average Bonchev–Trinajstić information content (AvgIpc) is 2.18. The second kappa shape index (κ2) is 5.32. The van der Waals surface area contributed by atoms with Crippen molar-refractivity contribution in [3.8, 4) is 0 Å². The second-order valence-electron chi connectivity index (χ2n) is 4.15. The summed E-state index contributed by atoms with van der Waals surface area (Å²) in [4.78, 5) is 13.3.